The molecule has 4 N–H and O–H groups in total. The molecular weight excluding hydrogens is 200 g/mol. The van der Waals surface area contributed by atoms with Crippen LogP contribution in [-0.4, -0.2) is 41.7 Å². The predicted octanol–water partition coefficient (Wildman–Crippen LogP) is -0.0461. The van der Waals surface area contributed by atoms with Crippen molar-refractivity contribution in [3.8, 4) is 0 Å². The Hall–Kier alpha value is -0.260. The minimum absolute atomic E-state index is 0.125. The number of aliphatic hydroxyl groups excluding tert-OH is 1. The van der Waals surface area contributed by atoms with E-state index in [2.05, 4.69) is 5.32 Å². The molecule has 0 aliphatic rings. The first-order chi connectivity index (χ1) is 6.57. The molecule has 0 heterocycles. The molecule has 0 radical (unpaired) electrons. The first-order valence-corrected chi connectivity index (χ1v) is 6.17. The Bertz CT molecular complexity index is 165. The lowest BCUT2D eigenvalue weighted by Crippen LogP contribution is -2.41. The van der Waals surface area contributed by atoms with Crippen LogP contribution in [0.1, 0.15) is 19.8 Å². The number of thioether (sulfide) groups is 1. The minimum Gasteiger partial charge on any atom is -0.393 e. The third-order valence-corrected chi connectivity index (χ3v) is 2.48. The average Bonchev–Trinajstić information content (AvgIpc) is 2.13. The maximum Gasteiger partial charge on any atom is 0.236 e. The first-order valence-electron chi connectivity index (χ1n) is 4.78. The third kappa shape index (κ3) is 7.17. The second-order valence-electron chi connectivity index (χ2n) is 3.32. The number of hydrogen-bond donors (Lipinski definition) is 3. The Balaban J connectivity index is 3.52. The zero-order valence-electron chi connectivity index (χ0n) is 8.82. The molecule has 0 fully saturated rings. The summed E-state index contributed by atoms with van der Waals surface area (Å²) in [7, 11) is 0. The highest BCUT2D eigenvalue weighted by molar-refractivity contribution is 7.98. The Morgan fingerprint density at radius 3 is 2.71 bits per heavy atom. The molecule has 0 aliphatic heterocycles. The Labute approximate surface area is 89.6 Å². The Morgan fingerprint density at radius 2 is 2.21 bits per heavy atom. The number of rotatable bonds is 7. The van der Waals surface area contributed by atoms with Crippen LogP contribution in [0.2, 0.25) is 0 Å². The van der Waals surface area contributed by atoms with Crippen molar-refractivity contribution in [3.63, 3.8) is 0 Å². The van der Waals surface area contributed by atoms with Crippen molar-refractivity contribution in [2.24, 2.45) is 5.73 Å². The molecule has 0 aromatic rings. The SMILES string of the molecule is CSCC[C@H](N)C(=O)NCCC(C)O. The fourth-order valence-corrected chi connectivity index (χ4v) is 1.40. The van der Waals surface area contributed by atoms with Gasteiger partial charge in [-0.1, -0.05) is 0 Å². The molecule has 0 bridgehead atoms. The highest BCUT2D eigenvalue weighted by Crippen LogP contribution is 1.98. The van der Waals surface area contributed by atoms with E-state index in [1.807, 2.05) is 6.26 Å². The maximum absolute atomic E-state index is 11.3. The van der Waals surface area contributed by atoms with E-state index in [0.29, 0.717) is 19.4 Å². The van der Waals surface area contributed by atoms with Gasteiger partial charge in [0.15, 0.2) is 0 Å². The number of nitrogens with one attached hydrogen (secondary N) is 1. The lowest BCUT2D eigenvalue weighted by Gasteiger charge is -2.11. The van der Waals surface area contributed by atoms with Gasteiger partial charge in [-0.15, -0.1) is 0 Å². The fraction of sp³-hybridized carbons (Fsp3) is 0.889. The van der Waals surface area contributed by atoms with Crippen LogP contribution in [0, 0.1) is 0 Å². The predicted molar refractivity (Wildman–Crippen MR) is 60.3 cm³/mol. The van der Waals surface area contributed by atoms with Crippen LogP contribution >= 0.6 is 11.8 Å². The number of hydrogen-bond acceptors (Lipinski definition) is 4. The monoisotopic (exact) mass is 220 g/mol. The van der Waals surface area contributed by atoms with Crippen molar-refractivity contribution in [2.75, 3.05) is 18.6 Å². The van der Waals surface area contributed by atoms with Gasteiger partial charge in [0.2, 0.25) is 5.91 Å². The van der Waals surface area contributed by atoms with E-state index < -0.39 is 6.04 Å². The summed E-state index contributed by atoms with van der Waals surface area (Å²) in [6, 6.07) is -0.420. The standard InChI is InChI=1S/C9H20N2O2S/c1-7(12)3-5-11-9(13)8(10)4-6-14-2/h7-8,12H,3-6,10H2,1-2H3,(H,11,13)/t7?,8-/m0/s1. The second-order valence-corrected chi connectivity index (χ2v) is 4.30. The molecule has 1 amide bonds. The molecule has 2 atom stereocenters. The molecular formula is C9H20N2O2S. The third-order valence-electron chi connectivity index (χ3n) is 1.83. The highest BCUT2D eigenvalue weighted by atomic mass is 32.2. The van der Waals surface area contributed by atoms with Crippen molar-refractivity contribution in [2.45, 2.75) is 31.9 Å². The van der Waals surface area contributed by atoms with Gasteiger partial charge in [-0.3, -0.25) is 4.79 Å². The van der Waals surface area contributed by atoms with Gasteiger partial charge in [0.25, 0.3) is 0 Å². The highest BCUT2D eigenvalue weighted by Gasteiger charge is 2.11. The molecule has 14 heavy (non-hydrogen) atoms. The number of amides is 1. The fourth-order valence-electron chi connectivity index (χ4n) is 0.911. The van der Waals surface area contributed by atoms with E-state index in [9.17, 15) is 4.79 Å². The lowest BCUT2D eigenvalue weighted by molar-refractivity contribution is -0.122. The zero-order chi connectivity index (χ0) is 11.0. The van der Waals surface area contributed by atoms with Crippen LogP contribution in [0.4, 0.5) is 0 Å². The van der Waals surface area contributed by atoms with E-state index in [0.717, 1.165) is 5.75 Å². The number of aliphatic hydroxyl groups is 1. The molecule has 0 aliphatic carbocycles. The Morgan fingerprint density at radius 1 is 1.57 bits per heavy atom. The lowest BCUT2D eigenvalue weighted by atomic mass is 10.2. The summed E-state index contributed by atoms with van der Waals surface area (Å²) in [6.45, 7) is 2.18. The van der Waals surface area contributed by atoms with Gasteiger partial charge < -0.3 is 16.2 Å². The molecule has 0 saturated heterocycles. The van der Waals surface area contributed by atoms with Gasteiger partial charge in [-0.25, -0.2) is 0 Å². The van der Waals surface area contributed by atoms with Gasteiger partial charge in [-0.05, 0) is 31.8 Å². The second kappa shape index (κ2) is 8.08. The van der Waals surface area contributed by atoms with Gasteiger partial charge >= 0.3 is 0 Å². The maximum atomic E-state index is 11.3. The summed E-state index contributed by atoms with van der Waals surface area (Å²) >= 11 is 1.68. The van der Waals surface area contributed by atoms with Crippen LogP contribution in [0.3, 0.4) is 0 Å². The average molecular weight is 220 g/mol. The quantitative estimate of drug-likeness (QED) is 0.562. The van der Waals surface area contributed by atoms with Crippen LogP contribution in [0.25, 0.3) is 0 Å². The first kappa shape index (κ1) is 13.7. The minimum atomic E-state index is -0.420. The van der Waals surface area contributed by atoms with Crippen molar-refractivity contribution in [3.05, 3.63) is 0 Å². The van der Waals surface area contributed by atoms with Crippen molar-refractivity contribution >= 4 is 17.7 Å². The zero-order valence-corrected chi connectivity index (χ0v) is 9.64. The van der Waals surface area contributed by atoms with Crippen molar-refractivity contribution in [1.29, 1.82) is 0 Å². The van der Waals surface area contributed by atoms with Gasteiger partial charge in [0.1, 0.15) is 0 Å². The summed E-state index contributed by atoms with van der Waals surface area (Å²) in [6.07, 6.45) is 2.87. The number of carbonyl (C=O) groups is 1. The van der Waals surface area contributed by atoms with E-state index >= 15 is 0 Å². The summed E-state index contributed by atoms with van der Waals surface area (Å²) in [5.41, 5.74) is 5.63. The van der Waals surface area contributed by atoms with E-state index in [1.165, 1.54) is 0 Å². The molecule has 4 nitrogen and oxygen atoms in total. The smallest absolute Gasteiger partial charge is 0.236 e. The van der Waals surface area contributed by atoms with Crippen LogP contribution in [0.15, 0.2) is 0 Å². The van der Waals surface area contributed by atoms with E-state index in [-0.39, 0.29) is 12.0 Å². The molecule has 0 aromatic heterocycles. The van der Waals surface area contributed by atoms with E-state index in [4.69, 9.17) is 10.8 Å². The topological polar surface area (TPSA) is 75.4 Å². The van der Waals surface area contributed by atoms with Gasteiger partial charge in [0.05, 0.1) is 12.1 Å². The summed E-state index contributed by atoms with van der Waals surface area (Å²) in [5.74, 6) is 0.769. The van der Waals surface area contributed by atoms with Crippen molar-refractivity contribution < 1.29 is 9.90 Å². The summed E-state index contributed by atoms with van der Waals surface area (Å²) in [5, 5.41) is 11.6. The molecule has 0 aromatic carbocycles. The van der Waals surface area contributed by atoms with Gasteiger partial charge in [0, 0.05) is 6.54 Å². The molecule has 5 heteroatoms. The molecule has 1 unspecified atom stereocenters. The van der Waals surface area contributed by atoms with E-state index in [1.54, 1.807) is 18.7 Å². The van der Waals surface area contributed by atoms with Crippen LogP contribution < -0.4 is 11.1 Å². The molecule has 0 rings (SSSR count). The summed E-state index contributed by atoms with van der Waals surface area (Å²) < 4.78 is 0. The van der Waals surface area contributed by atoms with Gasteiger partial charge in [-0.2, -0.15) is 11.8 Å². The number of nitrogens with two attached hydrogens (primary N) is 1. The molecule has 0 saturated carbocycles. The molecule has 0 spiro atoms. The number of carbonyl (C=O) groups excluding carboxylic acids is 1. The Kier molecular flexibility index (Phi) is 7.93. The normalized spacial score (nSPS) is 14.9. The summed E-state index contributed by atoms with van der Waals surface area (Å²) in [4.78, 5) is 11.3. The van der Waals surface area contributed by atoms with Crippen LogP contribution in [0.5, 0.6) is 0 Å². The van der Waals surface area contributed by atoms with Crippen LogP contribution in [-0.2, 0) is 4.79 Å². The largest absolute Gasteiger partial charge is 0.393 e. The molecule has 84 valence electrons. The van der Waals surface area contributed by atoms with Crippen molar-refractivity contribution in [1.82, 2.24) is 5.32 Å².